The molecule has 53 heavy (non-hydrogen) atoms. The van der Waals surface area contributed by atoms with E-state index in [1.807, 2.05) is 55.7 Å². The Morgan fingerprint density at radius 2 is 1.91 bits per heavy atom. The fourth-order valence-corrected chi connectivity index (χ4v) is 7.57. The summed E-state index contributed by atoms with van der Waals surface area (Å²) in [5, 5.41) is 32.8. The van der Waals surface area contributed by atoms with Crippen molar-refractivity contribution in [3.8, 4) is 35.4 Å². The van der Waals surface area contributed by atoms with Gasteiger partial charge in [-0.15, -0.1) is 0 Å². The van der Waals surface area contributed by atoms with Crippen LogP contribution in [0, 0.1) is 35.7 Å². The maximum absolute atomic E-state index is 13.6. The first kappa shape index (κ1) is 38.3. The van der Waals surface area contributed by atoms with Gasteiger partial charge >= 0.3 is 0 Å². The summed E-state index contributed by atoms with van der Waals surface area (Å²) in [6.45, 7) is 4.66. The number of benzene rings is 2. The number of ether oxygens (including phenoxy) is 2. The number of rotatable bonds is 14. The predicted molar refractivity (Wildman–Crippen MR) is 204 cm³/mol. The smallest absolute Gasteiger partial charge is 0.187 e. The van der Waals surface area contributed by atoms with E-state index in [9.17, 15) is 20.1 Å². The molecule has 0 saturated carbocycles. The second kappa shape index (κ2) is 17.6. The normalized spacial score (nSPS) is 21.6. The average molecular weight is 721 g/mol. The summed E-state index contributed by atoms with van der Waals surface area (Å²) >= 11 is 0. The molecule has 6 atom stereocenters. The Hall–Kier alpha value is -4.42. The average Bonchev–Trinajstić information content (AvgIpc) is 3.74. The zero-order valence-electron chi connectivity index (χ0n) is 30.8. The number of unbranched alkanes of at least 4 members (excludes halogenated alkanes) is 2. The van der Waals surface area contributed by atoms with Crippen LogP contribution in [0.15, 0.2) is 64.4 Å². The molecule has 0 aromatic heterocycles. The number of hydrogen-bond acceptors (Lipinski definition) is 10. The Morgan fingerprint density at radius 1 is 1.06 bits per heavy atom. The van der Waals surface area contributed by atoms with E-state index < -0.39 is 42.5 Å². The fraction of sp³-hybridized carbons (Fsp3) is 0.488. The second-order valence-corrected chi connectivity index (χ2v) is 14.6. The Bertz CT molecular complexity index is 1880. The topological polar surface area (TPSA) is 164 Å². The summed E-state index contributed by atoms with van der Waals surface area (Å²) in [5.74, 6) is 9.47. The molecule has 4 aliphatic rings. The van der Waals surface area contributed by atoms with Crippen LogP contribution in [0.4, 0.5) is 0 Å². The van der Waals surface area contributed by atoms with Crippen molar-refractivity contribution in [3.63, 3.8) is 0 Å². The first-order valence-electron chi connectivity index (χ1n) is 19.0. The van der Waals surface area contributed by atoms with Crippen LogP contribution in [0.1, 0.15) is 106 Å². The van der Waals surface area contributed by atoms with Crippen molar-refractivity contribution in [3.05, 3.63) is 81.7 Å². The molecule has 2 aromatic rings. The minimum Gasteiger partial charge on any atom is -0.465 e. The van der Waals surface area contributed by atoms with Crippen LogP contribution in [-0.2, 0) is 17.6 Å². The summed E-state index contributed by atoms with van der Waals surface area (Å²) in [6.07, 6.45) is 9.54. The third-order valence-corrected chi connectivity index (χ3v) is 10.6. The molecule has 10 heteroatoms. The molecule has 280 valence electrons. The number of aliphatic hydroxyl groups is 3. The SMILES string of the molecule is CCCCCC(C(=O)CCc1ccc2c(c1)OC1C(C#CC(O)c3ccc(C(N)N)cc3CC3=C4CN1C=C4N=C3)CC#CO2)C(O)CC(O)CCC. The van der Waals surface area contributed by atoms with Gasteiger partial charge in [0, 0.05) is 43.3 Å². The van der Waals surface area contributed by atoms with Crippen molar-refractivity contribution < 1.29 is 29.6 Å². The number of aryl methyl sites for hydroxylation is 1. The van der Waals surface area contributed by atoms with Gasteiger partial charge in [0.05, 0.1) is 30.0 Å². The van der Waals surface area contributed by atoms with Gasteiger partial charge in [-0.25, -0.2) is 0 Å². The van der Waals surface area contributed by atoms with E-state index in [1.54, 1.807) is 0 Å². The zero-order valence-corrected chi connectivity index (χ0v) is 30.8. The number of aliphatic hydroxyl groups excluding tert-OH is 3. The minimum absolute atomic E-state index is 0.000581. The Kier molecular flexibility index (Phi) is 12.7. The zero-order chi connectivity index (χ0) is 37.5. The molecule has 7 N–H and O–H groups in total. The molecule has 0 amide bonds. The highest BCUT2D eigenvalue weighted by Crippen LogP contribution is 2.38. The molecule has 10 nitrogen and oxygen atoms in total. The molecule has 0 fully saturated rings. The van der Waals surface area contributed by atoms with Crippen LogP contribution < -0.4 is 20.9 Å². The van der Waals surface area contributed by atoms with E-state index >= 15 is 0 Å². The quantitative estimate of drug-likeness (QED) is 0.101. The minimum atomic E-state index is -1.07. The van der Waals surface area contributed by atoms with Crippen LogP contribution in [0.3, 0.4) is 0 Å². The van der Waals surface area contributed by atoms with Crippen molar-refractivity contribution in [2.75, 3.05) is 6.54 Å². The Labute approximate surface area is 313 Å². The Balaban J connectivity index is 1.26. The second-order valence-electron chi connectivity index (χ2n) is 14.6. The molecule has 4 heterocycles. The third-order valence-electron chi connectivity index (χ3n) is 10.6. The van der Waals surface area contributed by atoms with Crippen LogP contribution in [0.25, 0.3) is 0 Å². The number of ketones is 1. The van der Waals surface area contributed by atoms with Crippen LogP contribution in [0.5, 0.6) is 11.5 Å². The lowest BCUT2D eigenvalue weighted by molar-refractivity contribution is -0.127. The summed E-state index contributed by atoms with van der Waals surface area (Å²) < 4.78 is 12.7. The Morgan fingerprint density at radius 3 is 2.70 bits per heavy atom. The van der Waals surface area contributed by atoms with Crippen molar-refractivity contribution in [1.82, 2.24) is 4.90 Å². The number of aliphatic imine (C=N–C) groups is 1. The van der Waals surface area contributed by atoms with Gasteiger partial charge in [0.25, 0.3) is 0 Å². The standard InChI is InChI=1S/C43H52N4O6/c1-3-5-6-10-34(39(51)23-32(48)8-4-2)38(50)16-11-27-12-18-40-41(20-27)53-43-28(9-7-19-52-40)14-17-37(49)33-15-13-29(42(44)45)21-30(33)22-31-24-46-36-26-47(43)25-35(31)36/h12-13,15,18,20-21,24,26,28,32,34,37,39,42-43,48-49,51H,3-6,8-11,16,22-23,25,44-45H2,1-2H3. The number of hydrogen-bond donors (Lipinski definition) is 5. The van der Waals surface area contributed by atoms with Gasteiger partial charge in [-0.1, -0.05) is 81.6 Å². The van der Waals surface area contributed by atoms with Crippen molar-refractivity contribution in [2.45, 2.75) is 115 Å². The van der Waals surface area contributed by atoms with Gasteiger partial charge in [-0.3, -0.25) is 9.79 Å². The number of carbonyl (C=O) groups is 1. The van der Waals surface area contributed by atoms with Crippen LogP contribution >= 0.6 is 0 Å². The lowest BCUT2D eigenvalue weighted by Crippen LogP contribution is -2.41. The molecule has 6 unspecified atom stereocenters. The first-order valence-corrected chi connectivity index (χ1v) is 19.0. The molecule has 2 bridgehead atoms. The summed E-state index contributed by atoms with van der Waals surface area (Å²) in [5.41, 5.74) is 18.2. The molecular weight excluding hydrogens is 668 g/mol. The number of fused-ring (bicyclic) bond motifs is 5. The van der Waals surface area contributed by atoms with Crippen LogP contribution in [-0.4, -0.2) is 57.2 Å². The molecule has 0 saturated heterocycles. The highest BCUT2D eigenvalue weighted by molar-refractivity contribution is 5.87. The van der Waals surface area contributed by atoms with Crippen molar-refractivity contribution >= 4 is 12.0 Å². The molecule has 0 spiro atoms. The van der Waals surface area contributed by atoms with Gasteiger partial charge in [0.2, 0.25) is 0 Å². The summed E-state index contributed by atoms with van der Waals surface area (Å²) in [6, 6.07) is 11.2. The molecule has 0 aliphatic carbocycles. The first-order chi connectivity index (χ1) is 25.6. The van der Waals surface area contributed by atoms with Gasteiger partial charge in [-0.05, 0) is 72.1 Å². The molecule has 2 aromatic carbocycles. The molecule has 4 aliphatic heterocycles. The molecular formula is C43H52N4O6. The van der Waals surface area contributed by atoms with E-state index in [-0.39, 0.29) is 18.6 Å². The van der Waals surface area contributed by atoms with Gasteiger partial charge in [0.1, 0.15) is 18.0 Å². The summed E-state index contributed by atoms with van der Waals surface area (Å²) in [7, 11) is 0. The highest BCUT2D eigenvalue weighted by Gasteiger charge is 2.36. The van der Waals surface area contributed by atoms with E-state index in [0.717, 1.165) is 59.2 Å². The molecule has 0 radical (unpaired) electrons. The number of carbonyl (C=O) groups excluding carboxylic acids is 1. The van der Waals surface area contributed by atoms with E-state index in [4.69, 9.17) is 25.9 Å². The number of nitrogens with zero attached hydrogens (tertiary/aromatic N) is 2. The highest BCUT2D eigenvalue weighted by atomic mass is 16.5. The number of allylic oxidation sites excluding steroid dienone is 1. The number of nitrogens with two attached hydrogens (primary N) is 2. The maximum Gasteiger partial charge on any atom is 0.187 e. The number of Topliss-reactive ketones (excluding diaryl/α,β-unsaturated/α-hetero) is 1. The van der Waals surface area contributed by atoms with Crippen molar-refractivity contribution in [1.29, 1.82) is 0 Å². The van der Waals surface area contributed by atoms with E-state index in [2.05, 4.69) is 35.7 Å². The van der Waals surface area contributed by atoms with Gasteiger partial charge in [0.15, 0.2) is 17.7 Å². The lowest BCUT2D eigenvalue weighted by atomic mass is 9.85. The van der Waals surface area contributed by atoms with Gasteiger partial charge in [-0.2, -0.15) is 0 Å². The van der Waals surface area contributed by atoms with Crippen molar-refractivity contribution in [2.24, 2.45) is 28.3 Å². The fourth-order valence-electron chi connectivity index (χ4n) is 7.57. The van der Waals surface area contributed by atoms with Crippen LogP contribution in [0.2, 0.25) is 0 Å². The third kappa shape index (κ3) is 9.21. The maximum atomic E-state index is 13.6. The molecule has 6 rings (SSSR count). The lowest BCUT2D eigenvalue weighted by Gasteiger charge is -2.32. The largest absolute Gasteiger partial charge is 0.465 e. The monoisotopic (exact) mass is 720 g/mol. The van der Waals surface area contributed by atoms with Gasteiger partial charge < -0.3 is 41.2 Å². The van der Waals surface area contributed by atoms with E-state index in [0.29, 0.717) is 55.7 Å². The summed E-state index contributed by atoms with van der Waals surface area (Å²) in [4.78, 5) is 20.4. The predicted octanol–water partition coefficient (Wildman–Crippen LogP) is 5.11. The van der Waals surface area contributed by atoms with E-state index in [1.165, 1.54) is 0 Å².